The van der Waals surface area contributed by atoms with Gasteiger partial charge in [-0.2, -0.15) is 15.0 Å². The van der Waals surface area contributed by atoms with Gasteiger partial charge in [-0.3, -0.25) is 9.69 Å². The molecule has 4 rings (SSSR count). The van der Waals surface area contributed by atoms with Crippen molar-refractivity contribution in [2.24, 2.45) is 0 Å². The van der Waals surface area contributed by atoms with Gasteiger partial charge in [0.1, 0.15) is 11.6 Å². The van der Waals surface area contributed by atoms with Crippen molar-refractivity contribution < 1.29 is 9.18 Å². The first-order chi connectivity index (χ1) is 15.4. The molecule has 2 aromatic carbocycles. The number of nitrogens with two attached hydrogens (primary N) is 1. The standard InChI is InChI=1S/C23H26FN7O/c1-16-2-4-17(5-3-16)14-21(32)31-12-10-30(11-13-31)15-20-27-22(25)29-23(28-20)26-19-8-6-18(24)7-9-19/h2-9H,10-15H2,1H3,(H3,25,26,27,28,29). The van der Waals surface area contributed by atoms with Gasteiger partial charge >= 0.3 is 0 Å². The summed E-state index contributed by atoms with van der Waals surface area (Å²) in [6.45, 7) is 5.31. The second-order valence-electron chi connectivity index (χ2n) is 7.88. The van der Waals surface area contributed by atoms with Gasteiger partial charge in [0.25, 0.3) is 0 Å². The molecule has 1 saturated heterocycles. The number of aromatic nitrogens is 3. The third-order valence-corrected chi connectivity index (χ3v) is 5.37. The highest BCUT2D eigenvalue weighted by Crippen LogP contribution is 2.15. The normalized spacial score (nSPS) is 14.4. The molecule has 9 heteroatoms. The van der Waals surface area contributed by atoms with E-state index in [4.69, 9.17) is 5.73 Å². The van der Waals surface area contributed by atoms with Crippen LogP contribution < -0.4 is 11.1 Å². The summed E-state index contributed by atoms with van der Waals surface area (Å²) < 4.78 is 13.1. The minimum absolute atomic E-state index is 0.117. The van der Waals surface area contributed by atoms with Crippen LogP contribution in [-0.2, 0) is 17.8 Å². The summed E-state index contributed by atoms with van der Waals surface area (Å²) in [6.07, 6.45) is 0.419. The van der Waals surface area contributed by atoms with Gasteiger partial charge in [0, 0.05) is 31.9 Å². The van der Waals surface area contributed by atoms with Gasteiger partial charge in [0.2, 0.25) is 17.8 Å². The fraction of sp³-hybridized carbons (Fsp3) is 0.304. The molecule has 8 nitrogen and oxygen atoms in total. The predicted molar refractivity (Wildman–Crippen MR) is 121 cm³/mol. The van der Waals surface area contributed by atoms with E-state index in [1.54, 1.807) is 12.1 Å². The molecule has 3 aromatic rings. The van der Waals surface area contributed by atoms with E-state index in [9.17, 15) is 9.18 Å². The van der Waals surface area contributed by atoms with Crippen LogP contribution in [0.2, 0.25) is 0 Å². The number of carbonyl (C=O) groups excluding carboxylic acids is 1. The maximum absolute atomic E-state index is 13.1. The fourth-order valence-corrected chi connectivity index (χ4v) is 3.57. The second-order valence-corrected chi connectivity index (χ2v) is 7.88. The first-order valence-corrected chi connectivity index (χ1v) is 10.5. The number of halogens is 1. The lowest BCUT2D eigenvalue weighted by molar-refractivity contribution is -0.132. The maximum atomic E-state index is 13.1. The Morgan fingerprint density at radius 3 is 2.38 bits per heavy atom. The van der Waals surface area contributed by atoms with Gasteiger partial charge in [-0.15, -0.1) is 0 Å². The van der Waals surface area contributed by atoms with Crippen LogP contribution in [0.15, 0.2) is 48.5 Å². The molecule has 166 valence electrons. The highest BCUT2D eigenvalue weighted by molar-refractivity contribution is 5.78. The summed E-state index contributed by atoms with van der Waals surface area (Å²) in [4.78, 5) is 29.5. The summed E-state index contributed by atoms with van der Waals surface area (Å²) in [5.41, 5.74) is 8.73. The summed E-state index contributed by atoms with van der Waals surface area (Å²) in [7, 11) is 0. The highest BCUT2D eigenvalue weighted by Gasteiger charge is 2.22. The Kier molecular flexibility index (Phi) is 6.55. The van der Waals surface area contributed by atoms with Crippen LogP contribution in [0.5, 0.6) is 0 Å². The molecular formula is C23H26FN7O. The lowest BCUT2D eigenvalue weighted by Gasteiger charge is -2.34. The van der Waals surface area contributed by atoms with E-state index in [2.05, 4.69) is 25.2 Å². The Morgan fingerprint density at radius 2 is 1.69 bits per heavy atom. The van der Waals surface area contributed by atoms with Crippen molar-refractivity contribution in [3.05, 3.63) is 71.3 Å². The smallest absolute Gasteiger partial charge is 0.232 e. The third-order valence-electron chi connectivity index (χ3n) is 5.37. The van der Waals surface area contributed by atoms with Crippen molar-refractivity contribution in [3.8, 4) is 0 Å². The number of anilines is 3. The molecule has 3 N–H and O–H groups in total. The first-order valence-electron chi connectivity index (χ1n) is 10.5. The first kappa shape index (κ1) is 21.6. The van der Waals surface area contributed by atoms with Crippen molar-refractivity contribution in [1.29, 1.82) is 0 Å². The molecule has 0 bridgehead atoms. The number of nitrogens with one attached hydrogen (secondary N) is 1. The predicted octanol–water partition coefficient (Wildman–Crippen LogP) is 2.53. The van der Waals surface area contributed by atoms with Crippen molar-refractivity contribution in [3.63, 3.8) is 0 Å². The number of hydrogen-bond acceptors (Lipinski definition) is 7. The number of amides is 1. The van der Waals surface area contributed by atoms with Gasteiger partial charge < -0.3 is 16.0 Å². The summed E-state index contributed by atoms with van der Waals surface area (Å²) in [6, 6.07) is 14.0. The Bertz CT molecular complexity index is 1060. The number of hydrogen-bond donors (Lipinski definition) is 2. The molecule has 32 heavy (non-hydrogen) atoms. The van der Waals surface area contributed by atoms with Gasteiger partial charge in [0.05, 0.1) is 13.0 Å². The number of nitrogens with zero attached hydrogens (tertiary/aromatic N) is 5. The molecule has 0 aliphatic carbocycles. The molecule has 1 aliphatic heterocycles. The average molecular weight is 436 g/mol. The van der Waals surface area contributed by atoms with Crippen molar-refractivity contribution in [2.75, 3.05) is 37.2 Å². The van der Waals surface area contributed by atoms with Gasteiger partial charge in [-0.1, -0.05) is 29.8 Å². The van der Waals surface area contributed by atoms with Crippen LogP contribution in [0, 0.1) is 12.7 Å². The molecular weight excluding hydrogens is 409 g/mol. The molecule has 0 saturated carbocycles. The lowest BCUT2D eigenvalue weighted by Crippen LogP contribution is -2.48. The summed E-state index contributed by atoms with van der Waals surface area (Å²) in [5, 5.41) is 3.02. The second kappa shape index (κ2) is 9.69. The highest BCUT2D eigenvalue weighted by atomic mass is 19.1. The zero-order valence-corrected chi connectivity index (χ0v) is 18.0. The number of benzene rings is 2. The van der Waals surface area contributed by atoms with E-state index >= 15 is 0 Å². The minimum atomic E-state index is -0.317. The Morgan fingerprint density at radius 1 is 1.00 bits per heavy atom. The summed E-state index contributed by atoms with van der Waals surface area (Å²) >= 11 is 0. The van der Waals surface area contributed by atoms with Crippen LogP contribution in [0.25, 0.3) is 0 Å². The Hall–Kier alpha value is -3.59. The molecule has 0 atom stereocenters. The van der Waals surface area contributed by atoms with Crippen molar-refractivity contribution in [2.45, 2.75) is 19.9 Å². The van der Waals surface area contributed by atoms with Crippen LogP contribution in [0.4, 0.5) is 22.0 Å². The van der Waals surface area contributed by atoms with E-state index in [0.29, 0.717) is 43.5 Å². The van der Waals surface area contributed by atoms with E-state index in [1.807, 2.05) is 36.1 Å². The molecule has 1 aliphatic rings. The third kappa shape index (κ3) is 5.76. The topological polar surface area (TPSA) is 100 Å². The van der Waals surface area contributed by atoms with Crippen molar-refractivity contribution in [1.82, 2.24) is 24.8 Å². The zero-order valence-electron chi connectivity index (χ0n) is 18.0. The Balaban J connectivity index is 1.31. The maximum Gasteiger partial charge on any atom is 0.232 e. The molecule has 2 heterocycles. The van der Waals surface area contributed by atoms with Crippen LogP contribution >= 0.6 is 0 Å². The number of rotatable bonds is 6. The van der Waals surface area contributed by atoms with Gasteiger partial charge in [-0.05, 0) is 36.8 Å². The molecule has 1 fully saturated rings. The zero-order chi connectivity index (χ0) is 22.5. The lowest BCUT2D eigenvalue weighted by atomic mass is 10.1. The largest absolute Gasteiger partial charge is 0.368 e. The molecule has 0 unspecified atom stereocenters. The minimum Gasteiger partial charge on any atom is -0.368 e. The van der Waals surface area contributed by atoms with Gasteiger partial charge in [0.15, 0.2) is 0 Å². The van der Waals surface area contributed by atoms with Crippen LogP contribution in [-0.4, -0.2) is 56.8 Å². The number of carbonyl (C=O) groups is 1. The number of aryl methyl sites for hydroxylation is 1. The number of piperazine rings is 1. The van der Waals surface area contributed by atoms with Crippen LogP contribution in [0.3, 0.4) is 0 Å². The van der Waals surface area contributed by atoms with E-state index in [1.165, 1.54) is 17.7 Å². The quantitative estimate of drug-likeness (QED) is 0.614. The average Bonchev–Trinajstić information content (AvgIpc) is 2.77. The Labute approximate surface area is 186 Å². The molecule has 0 spiro atoms. The summed E-state index contributed by atoms with van der Waals surface area (Å²) in [5.74, 6) is 0.797. The molecule has 1 amide bonds. The van der Waals surface area contributed by atoms with Crippen molar-refractivity contribution >= 4 is 23.5 Å². The molecule has 1 aromatic heterocycles. The van der Waals surface area contributed by atoms with E-state index in [-0.39, 0.29) is 17.7 Å². The monoisotopic (exact) mass is 435 g/mol. The fourth-order valence-electron chi connectivity index (χ4n) is 3.57. The van der Waals surface area contributed by atoms with Crippen LogP contribution in [0.1, 0.15) is 17.0 Å². The SMILES string of the molecule is Cc1ccc(CC(=O)N2CCN(Cc3nc(N)nc(Nc4ccc(F)cc4)n3)CC2)cc1. The molecule has 0 radical (unpaired) electrons. The van der Waals surface area contributed by atoms with Gasteiger partial charge in [-0.25, -0.2) is 4.39 Å². The number of nitrogen functional groups attached to an aromatic ring is 1. The van der Waals surface area contributed by atoms with E-state index in [0.717, 1.165) is 18.7 Å². The van der Waals surface area contributed by atoms with E-state index < -0.39 is 0 Å².